The summed E-state index contributed by atoms with van der Waals surface area (Å²) < 4.78 is 5.45. The Bertz CT molecular complexity index is 461. The first kappa shape index (κ1) is 9.52. The van der Waals surface area contributed by atoms with E-state index < -0.39 is 0 Å². The van der Waals surface area contributed by atoms with Crippen molar-refractivity contribution in [3.05, 3.63) is 42.2 Å². The fourth-order valence-electron chi connectivity index (χ4n) is 1.57. The quantitative estimate of drug-likeness (QED) is 0.747. The molecule has 1 heterocycles. The predicted octanol–water partition coefficient (Wildman–Crippen LogP) is 2.56. The van der Waals surface area contributed by atoms with Gasteiger partial charge in [-0.2, -0.15) is 0 Å². The number of allylic oxidation sites excluding steroid dienone is 2. The van der Waals surface area contributed by atoms with Crippen molar-refractivity contribution < 1.29 is 9.53 Å². The molecule has 1 aliphatic rings. The van der Waals surface area contributed by atoms with Crippen molar-refractivity contribution in [3.63, 3.8) is 0 Å². The number of hydrogen-bond donors (Lipinski definition) is 1. The standard InChI is InChI=1S/C12H11NO2/c1-8-5-9(2)15-12-4-3-10(13-7-14)6-11(8)12/h3-7H,2H2,1H3,(H,13,14). The average molecular weight is 201 g/mol. The average Bonchev–Trinajstić information content (AvgIpc) is 2.19. The van der Waals surface area contributed by atoms with Crippen LogP contribution in [0.1, 0.15) is 12.5 Å². The van der Waals surface area contributed by atoms with Crippen LogP contribution in [0.15, 0.2) is 36.6 Å². The Labute approximate surface area is 88.1 Å². The van der Waals surface area contributed by atoms with E-state index in [1.54, 1.807) is 6.07 Å². The van der Waals surface area contributed by atoms with Gasteiger partial charge in [0.05, 0.1) is 0 Å². The van der Waals surface area contributed by atoms with E-state index in [1.807, 2.05) is 25.1 Å². The molecule has 76 valence electrons. The summed E-state index contributed by atoms with van der Waals surface area (Å²) in [5.74, 6) is 1.41. The van der Waals surface area contributed by atoms with E-state index in [2.05, 4.69) is 11.9 Å². The Kier molecular flexibility index (Phi) is 2.29. The Morgan fingerprint density at radius 1 is 1.47 bits per heavy atom. The van der Waals surface area contributed by atoms with E-state index in [1.165, 1.54) is 0 Å². The minimum absolute atomic E-state index is 0.635. The smallest absolute Gasteiger partial charge is 0.211 e. The van der Waals surface area contributed by atoms with E-state index in [4.69, 9.17) is 4.74 Å². The van der Waals surface area contributed by atoms with Crippen LogP contribution in [-0.4, -0.2) is 6.41 Å². The third-order valence-electron chi connectivity index (χ3n) is 2.25. The van der Waals surface area contributed by atoms with Gasteiger partial charge >= 0.3 is 0 Å². The van der Waals surface area contributed by atoms with Gasteiger partial charge in [-0.25, -0.2) is 0 Å². The first-order valence-corrected chi connectivity index (χ1v) is 4.60. The Morgan fingerprint density at radius 2 is 2.27 bits per heavy atom. The Balaban J connectivity index is 2.46. The summed E-state index contributed by atoms with van der Waals surface area (Å²) in [6.07, 6.45) is 2.52. The summed E-state index contributed by atoms with van der Waals surface area (Å²) in [5, 5.41) is 2.60. The molecule has 0 radical (unpaired) electrons. The van der Waals surface area contributed by atoms with Crippen molar-refractivity contribution in [1.29, 1.82) is 0 Å². The molecule has 0 bridgehead atoms. The molecule has 1 aliphatic heterocycles. The van der Waals surface area contributed by atoms with Gasteiger partial charge in [-0.15, -0.1) is 0 Å². The minimum atomic E-state index is 0.635. The van der Waals surface area contributed by atoms with Crippen molar-refractivity contribution in [1.82, 2.24) is 0 Å². The molecule has 0 aliphatic carbocycles. The van der Waals surface area contributed by atoms with E-state index in [0.29, 0.717) is 12.2 Å². The van der Waals surface area contributed by atoms with Crippen LogP contribution in [0.2, 0.25) is 0 Å². The highest BCUT2D eigenvalue weighted by atomic mass is 16.5. The van der Waals surface area contributed by atoms with Crippen molar-refractivity contribution in [2.75, 3.05) is 5.32 Å². The number of rotatable bonds is 2. The van der Waals surface area contributed by atoms with Gasteiger partial charge in [0, 0.05) is 11.3 Å². The molecule has 15 heavy (non-hydrogen) atoms. The lowest BCUT2D eigenvalue weighted by Gasteiger charge is -2.18. The highest BCUT2D eigenvalue weighted by Gasteiger charge is 2.13. The molecule has 0 saturated heterocycles. The summed E-state index contributed by atoms with van der Waals surface area (Å²) in [5.41, 5.74) is 2.82. The molecule has 0 spiro atoms. The van der Waals surface area contributed by atoms with Crippen molar-refractivity contribution in [3.8, 4) is 5.75 Å². The zero-order valence-corrected chi connectivity index (χ0v) is 8.41. The normalized spacial score (nSPS) is 13.7. The van der Waals surface area contributed by atoms with Crippen LogP contribution < -0.4 is 10.1 Å². The molecule has 0 atom stereocenters. The highest BCUT2D eigenvalue weighted by Crippen LogP contribution is 2.34. The second-order valence-electron chi connectivity index (χ2n) is 3.37. The fourth-order valence-corrected chi connectivity index (χ4v) is 1.57. The third-order valence-corrected chi connectivity index (χ3v) is 2.25. The Hall–Kier alpha value is -2.03. The first-order chi connectivity index (χ1) is 7.20. The van der Waals surface area contributed by atoms with E-state index in [0.717, 1.165) is 22.6 Å². The third kappa shape index (κ3) is 1.76. The van der Waals surface area contributed by atoms with Gasteiger partial charge in [0.25, 0.3) is 0 Å². The number of carbonyl (C=O) groups excluding carboxylic acids is 1. The van der Waals surface area contributed by atoms with Gasteiger partial charge in [-0.1, -0.05) is 6.58 Å². The predicted molar refractivity (Wildman–Crippen MR) is 59.5 cm³/mol. The zero-order chi connectivity index (χ0) is 10.8. The lowest BCUT2D eigenvalue weighted by atomic mass is 10.0. The number of nitrogens with one attached hydrogen (secondary N) is 1. The van der Waals surface area contributed by atoms with Gasteiger partial charge in [0.15, 0.2) is 0 Å². The number of amides is 1. The molecule has 0 fully saturated rings. The summed E-state index contributed by atoms with van der Waals surface area (Å²) >= 11 is 0. The molecule has 3 heteroatoms. The Morgan fingerprint density at radius 3 is 3.00 bits per heavy atom. The summed E-state index contributed by atoms with van der Waals surface area (Å²) in [4.78, 5) is 10.3. The first-order valence-electron chi connectivity index (χ1n) is 4.60. The van der Waals surface area contributed by atoms with Gasteiger partial charge in [-0.3, -0.25) is 4.79 Å². The molecular weight excluding hydrogens is 190 g/mol. The van der Waals surface area contributed by atoms with Gasteiger partial charge in [0.1, 0.15) is 11.5 Å². The number of carbonyl (C=O) groups is 1. The van der Waals surface area contributed by atoms with Crippen molar-refractivity contribution >= 4 is 17.7 Å². The van der Waals surface area contributed by atoms with Crippen LogP contribution in [0.3, 0.4) is 0 Å². The highest BCUT2D eigenvalue weighted by molar-refractivity contribution is 5.79. The second-order valence-corrected chi connectivity index (χ2v) is 3.37. The number of ether oxygens (including phenoxy) is 1. The molecule has 1 aromatic carbocycles. The SMILES string of the molecule is C=C1C=C(C)c2cc(NC=O)ccc2O1. The van der Waals surface area contributed by atoms with Crippen LogP contribution in [0.5, 0.6) is 5.75 Å². The monoisotopic (exact) mass is 201 g/mol. The number of hydrogen-bond acceptors (Lipinski definition) is 2. The lowest BCUT2D eigenvalue weighted by molar-refractivity contribution is -0.105. The van der Waals surface area contributed by atoms with E-state index in [9.17, 15) is 4.79 Å². The van der Waals surface area contributed by atoms with E-state index in [-0.39, 0.29) is 0 Å². The summed E-state index contributed by atoms with van der Waals surface area (Å²) in [7, 11) is 0. The van der Waals surface area contributed by atoms with Crippen LogP contribution in [0, 0.1) is 0 Å². The molecule has 1 amide bonds. The van der Waals surface area contributed by atoms with Crippen LogP contribution >= 0.6 is 0 Å². The lowest BCUT2D eigenvalue weighted by Crippen LogP contribution is -2.02. The molecule has 0 unspecified atom stereocenters. The fraction of sp³-hybridized carbons (Fsp3) is 0.0833. The van der Waals surface area contributed by atoms with Crippen molar-refractivity contribution in [2.45, 2.75) is 6.92 Å². The number of fused-ring (bicyclic) bond motifs is 1. The molecule has 1 aromatic rings. The molecule has 2 rings (SSSR count). The molecular formula is C12H11NO2. The largest absolute Gasteiger partial charge is 0.457 e. The number of benzene rings is 1. The minimum Gasteiger partial charge on any atom is -0.457 e. The van der Waals surface area contributed by atoms with Crippen LogP contribution in [-0.2, 0) is 4.79 Å². The maximum Gasteiger partial charge on any atom is 0.211 e. The topological polar surface area (TPSA) is 38.3 Å². The second kappa shape index (κ2) is 3.61. The summed E-state index contributed by atoms with van der Waals surface area (Å²) in [6, 6.07) is 5.49. The number of anilines is 1. The maximum atomic E-state index is 10.3. The molecule has 0 aromatic heterocycles. The van der Waals surface area contributed by atoms with Gasteiger partial charge in [-0.05, 0) is 36.8 Å². The van der Waals surface area contributed by atoms with Gasteiger partial charge in [0.2, 0.25) is 6.41 Å². The molecule has 0 saturated carbocycles. The van der Waals surface area contributed by atoms with Crippen molar-refractivity contribution in [2.24, 2.45) is 0 Å². The maximum absolute atomic E-state index is 10.3. The summed E-state index contributed by atoms with van der Waals surface area (Å²) in [6.45, 7) is 5.74. The zero-order valence-electron chi connectivity index (χ0n) is 8.41. The van der Waals surface area contributed by atoms with E-state index >= 15 is 0 Å². The van der Waals surface area contributed by atoms with Crippen LogP contribution in [0.4, 0.5) is 5.69 Å². The van der Waals surface area contributed by atoms with Gasteiger partial charge < -0.3 is 10.1 Å². The molecule has 3 nitrogen and oxygen atoms in total. The van der Waals surface area contributed by atoms with Crippen LogP contribution in [0.25, 0.3) is 5.57 Å². The molecule has 1 N–H and O–H groups in total.